The van der Waals surface area contributed by atoms with E-state index < -0.39 is 0 Å². The average Bonchev–Trinajstić information content (AvgIpc) is 2.88. The molecule has 0 aliphatic carbocycles. The van der Waals surface area contributed by atoms with Crippen LogP contribution in [0.3, 0.4) is 0 Å². The molecule has 1 aliphatic rings. The first-order valence-electron chi connectivity index (χ1n) is 11.1. The molecule has 0 saturated carbocycles. The number of nitrogens with two attached hydrogens (primary N) is 1. The molecule has 3 N–H and O–H groups in total. The summed E-state index contributed by atoms with van der Waals surface area (Å²) in [6.07, 6.45) is 1.50. The van der Waals surface area contributed by atoms with Crippen molar-refractivity contribution in [3.63, 3.8) is 0 Å². The fourth-order valence-corrected chi connectivity index (χ4v) is 3.97. The third-order valence-corrected chi connectivity index (χ3v) is 5.73. The number of nitrogens with one attached hydrogen (secondary N) is 1. The molecule has 0 amide bonds. The summed E-state index contributed by atoms with van der Waals surface area (Å²) >= 11 is 0. The number of para-hydroxylation sites is 2. The number of ether oxygens (including phenoxy) is 1. The van der Waals surface area contributed by atoms with Crippen LogP contribution in [0.1, 0.15) is 0 Å². The number of hydrogen-bond acceptors (Lipinski definition) is 7. The summed E-state index contributed by atoms with van der Waals surface area (Å²) in [5.74, 6) is 2.53. The van der Waals surface area contributed by atoms with Crippen molar-refractivity contribution in [1.82, 2.24) is 9.97 Å². The Kier molecular flexibility index (Phi) is 6.11. The number of piperazine rings is 1. The molecular formula is C26H25FN6O. The van der Waals surface area contributed by atoms with Crippen LogP contribution >= 0.6 is 0 Å². The fraction of sp³-hybridized carbons (Fsp3) is 0.154. The number of hydrogen-bond donors (Lipinski definition) is 2. The van der Waals surface area contributed by atoms with Gasteiger partial charge in [0.1, 0.15) is 29.3 Å². The Morgan fingerprint density at radius 3 is 2.15 bits per heavy atom. The Morgan fingerprint density at radius 2 is 1.41 bits per heavy atom. The first kappa shape index (κ1) is 21.5. The predicted octanol–water partition coefficient (Wildman–Crippen LogP) is 5.06. The fourth-order valence-electron chi connectivity index (χ4n) is 3.97. The van der Waals surface area contributed by atoms with E-state index in [-0.39, 0.29) is 5.82 Å². The largest absolute Gasteiger partial charge is 0.457 e. The monoisotopic (exact) mass is 456 g/mol. The van der Waals surface area contributed by atoms with Crippen molar-refractivity contribution >= 4 is 28.7 Å². The van der Waals surface area contributed by atoms with Crippen LogP contribution in [0.4, 0.5) is 33.1 Å². The van der Waals surface area contributed by atoms with Crippen molar-refractivity contribution in [3.05, 3.63) is 91.0 Å². The summed E-state index contributed by atoms with van der Waals surface area (Å²) in [6, 6.07) is 24.1. The van der Waals surface area contributed by atoms with Gasteiger partial charge in [-0.25, -0.2) is 14.4 Å². The Morgan fingerprint density at radius 1 is 0.765 bits per heavy atom. The lowest BCUT2D eigenvalue weighted by Gasteiger charge is -2.37. The van der Waals surface area contributed by atoms with Gasteiger partial charge in [0.05, 0.1) is 5.69 Å². The second-order valence-corrected chi connectivity index (χ2v) is 7.95. The van der Waals surface area contributed by atoms with Crippen LogP contribution in [0.15, 0.2) is 85.2 Å². The van der Waals surface area contributed by atoms with Crippen molar-refractivity contribution in [2.45, 2.75) is 0 Å². The second kappa shape index (κ2) is 9.66. The minimum Gasteiger partial charge on any atom is -0.457 e. The van der Waals surface area contributed by atoms with Crippen LogP contribution in [0.5, 0.6) is 11.5 Å². The Hall–Kier alpha value is -4.33. The minimum absolute atomic E-state index is 0.204. The van der Waals surface area contributed by atoms with Crippen LogP contribution in [0.25, 0.3) is 0 Å². The maximum absolute atomic E-state index is 14.1. The zero-order chi connectivity index (χ0) is 23.3. The maximum Gasteiger partial charge on any atom is 0.159 e. The van der Waals surface area contributed by atoms with E-state index in [1.165, 1.54) is 12.4 Å². The molecule has 8 heteroatoms. The van der Waals surface area contributed by atoms with Gasteiger partial charge in [-0.3, -0.25) is 0 Å². The first-order valence-corrected chi connectivity index (χ1v) is 11.1. The van der Waals surface area contributed by atoms with E-state index in [9.17, 15) is 4.39 Å². The van der Waals surface area contributed by atoms with Crippen molar-refractivity contribution < 1.29 is 9.13 Å². The zero-order valence-electron chi connectivity index (χ0n) is 18.6. The van der Waals surface area contributed by atoms with Crippen molar-refractivity contribution in [2.24, 2.45) is 0 Å². The Bertz CT molecular complexity index is 1240. The number of nitrogens with zero attached hydrogens (tertiary/aromatic N) is 4. The molecule has 1 fully saturated rings. The second-order valence-electron chi connectivity index (χ2n) is 7.95. The number of halogens is 1. The van der Waals surface area contributed by atoms with Gasteiger partial charge in [0.15, 0.2) is 11.6 Å². The molecule has 4 aromatic rings. The molecule has 0 spiro atoms. The number of nitrogen functional groups attached to an aromatic ring is 1. The lowest BCUT2D eigenvalue weighted by Crippen LogP contribution is -2.47. The highest BCUT2D eigenvalue weighted by Gasteiger charge is 2.22. The summed E-state index contributed by atoms with van der Waals surface area (Å²) in [5, 5.41) is 3.27. The Balaban J connectivity index is 1.25. The quantitative estimate of drug-likeness (QED) is 0.420. The third-order valence-electron chi connectivity index (χ3n) is 5.73. The number of rotatable bonds is 6. The number of aromatic nitrogens is 2. The van der Waals surface area contributed by atoms with Crippen LogP contribution in [-0.4, -0.2) is 36.1 Å². The molecule has 3 aromatic carbocycles. The number of anilines is 5. The van der Waals surface area contributed by atoms with Gasteiger partial charge in [-0.2, -0.15) is 0 Å². The zero-order valence-corrected chi connectivity index (χ0v) is 18.6. The smallest absolute Gasteiger partial charge is 0.159 e. The van der Waals surface area contributed by atoms with Gasteiger partial charge < -0.3 is 25.6 Å². The highest BCUT2D eigenvalue weighted by molar-refractivity contribution is 5.78. The van der Waals surface area contributed by atoms with E-state index in [1.54, 1.807) is 6.07 Å². The van der Waals surface area contributed by atoms with Gasteiger partial charge >= 0.3 is 0 Å². The van der Waals surface area contributed by atoms with E-state index in [0.717, 1.165) is 17.2 Å². The van der Waals surface area contributed by atoms with E-state index in [4.69, 9.17) is 10.5 Å². The molecule has 1 aliphatic heterocycles. The maximum atomic E-state index is 14.1. The average molecular weight is 457 g/mol. The van der Waals surface area contributed by atoms with Gasteiger partial charge in [-0.15, -0.1) is 0 Å². The van der Waals surface area contributed by atoms with Crippen molar-refractivity contribution in [2.75, 3.05) is 47.0 Å². The van der Waals surface area contributed by atoms with E-state index in [0.29, 0.717) is 49.2 Å². The van der Waals surface area contributed by atoms with Gasteiger partial charge in [0.25, 0.3) is 0 Å². The molecule has 0 bridgehead atoms. The van der Waals surface area contributed by atoms with Gasteiger partial charge in [0.2, 0.25) is 0 Å². The van der Waals surface area contributed by atoms with Gasteiger partial charge in [-0.05, 0) is 48.5 Å². The Labute approximate surface area is 197 Å². The SMILES string of the molecule is Nc1c(Nc2ccc(Oc3ccccc3)cc2)ncnc1N1CCN(c2ccccc2F)CC1. The molecule has 7 nitrogen and oxygen atoms in total. The molecule has 1 aromatic heterocycles. The van der Waals surface area contributed by atoms with Crippen LogP contribution in [0.2, 0.25) is 0 Å². The van der Waals surface area contributed by atoms with Gasteiger partial charge in [-0.1, -0.05) is 30.3 Å². The molecule has 172 valence electrons. The van der Waals surface area contributed by atoms with Crippen LogP contribution in [0, 0.1) is 5.82 Å². The first-order chi connectivity index (χ1) is 16.7. The van der Waals surface area contributed by atoms with Crippen LogP contribution < -0.4 is 25.6 Å². The third kappa shape index (κ3) is 4.71. The van der Waals surface area contributed by atoms with Gasteiger partial charge in [0, 0.05) is 31.9 Å². The number of benzene rings is 3. The molecule has 0 radical (unpaired) electrons. The normalized spacial score (nSPS) is 13.6. The minimum atomic E-state index is -0.204. The molecule has 0 unspecified atom stereocenters. The predicted molar refractivity (Wildman–Crippen MR) is 134 cm³/mol. The summed E-state index contributed by atoms with van der Waals surface area (Å²) in [4.78, 5) is 12.9. The van der Waals surface area contributed by atoms with E-state index >= 15 is 0 Å². The van der Waals surface area contributed by atoms with Crippen molar-refractivity contribution in [1.29, 1.82) is 0 Å². The molecule has 5 rings (SSSR count). The lowest BCUT2D eigenvalue weighted by molar-refractivity contribution is 0.483. The molecule has 0 atom stereocenters. The molecule has 2 heterocycles. The highest BCUT2D eigenvalue weighted by atomic mass is 19.1. The summed E-state index contributed by atoms with van der Waals surface area (Å²) in [5.41, 5.74) is 8.37. The summed E-state index contributed by atoms with van der Waals surface area (Å²) < 4.78 is 20.0. The van der Waals surface area contributed by atoms with Crippen LogP contribution in [-0.2, 0) is 0 Å². The van der Waals surface area contributed by atoms with E-state index in [2.05, 4.69) is 20.2 Å². The topological polar surface area (TPSA) is 79.5 Å². The standard InChI is InChI=1S/C26H25FN6O/c27-22-8-4-5-9-23(22)32-14-16-33(17-15-32)26-24(28)25(29-18-30-26)31-19-10-12-21(13-11-19)34-20-6-2-1-3-7-20/h1-13,18H,14-17,28H2,(H,29,30,31). The highest BCUT2D eigenvalue weighted by Crippen LogP contribution is 2.31. The summed E-state index contributed by atoms with van der Waals surface area (Å²) in [7, 11) is 0. The molecular weight excluding hydrogens is 431 g/mol. The molecule has 1 saturated heterocycles. The lowest BCUT2D eigenvalue weighted by atomic mass is 10.2. The van der Waals surface area contributed by atoms with E-state index in [1.807, 2.05) is 71.6 Å². The van der Waals surface area contributed by atoms with Crippen molar-refractivity contribution in [3.8, 4) is 11.5 Å². The molecule has 34 heavy (non-hydrogen) atoms. The summed E-state index contributed by atoms with van der Waals surface area (Å²) in [6.45, 7) is 2.72.